The van der Waals surface area contributed by atoms with Crippen LogP contribution in [-0.4, -0.2) is 4.98 Å². The van der Waals surface area contributed by atoms with Crippen molar-refractivity contribution >= 4 is 15.9 Å². The number of aromatic nitrogens is 1. The Morgan fingerprint density at radius 3 is 2.76 bits per heavy atom. The summed E-state index contributed by atoms with van der Waals surface area (Å²) in [6, 6.07) is 8.33. The Bertz CT molecular complexity index is 513. The van der Waals surface area contributed by atoms with Gasteiger partial charge in [-0.25, -0.2) is 9.37 Å². The molecule has 2 rings (SSSR count). The predicted molar refractivity (Wildman–Crippen MR) is 68.1 cm³/mol. The zero-order chi connectivity index (χ0) is 12.3. The molecule has 0 aliphatic heterocycles. The van der Waals surface area contributed by atoms with E-state index in [4.69, 9.17) is 4.74 Å². The molecule has 1 aromatic carbocycles. The highest BCUT2D eigenvalue weighted by atomic mass is 79.9. The van der Waals surface area contributed by atoms with Gasteiger partial charge < -0.3 is 4.74 Å². The number of hydrogen-bond donors (Lipinski definition) is 0. The van der Waals surface area contributed by atoms with E-state index < -0.39 is 0 Å². The highest BCUT2D eigenvalue weighted by Crippen LogP contribution is 2.24. The van der Waals surface area contributed by atoms with E-state index in [1.165, 1.54) is 6.07 Å². The van der Waals surface area contributed by atoms with Gasteiger partial charge >= 0.3 is 0 Å². The summed E-state index contributed by atoms with van der Waals surface area (Å²) < 4.78 is 18.8. The minimum absolute atomic E-state index is 0.198. The second-order valence-corrected chi connectivity index (χ2v) is 4.23. The molecule has 0 aliphatic rings. The number of nitrogens with zero attached hydrogens (tertiary/aromatic N) is 1. The SMILES string of the molecule is Cc1ccc(F)c(Oc2ccc(CBr)cn2)c1. The van der Waals surface area contributed by atoms with Crippen LogP contribution < -0.4 is 4.74 Å². The minimum atomic E-state index is -0.387. The van der Waals surface area contributed by atoms with Crippen LogP contribution in [0, 0.1) is 12.7 Å². The van der Waals surface area contributed by atoms with Crippen molar-refractivity contribution < 1.29 is 9.13 Å². The Labute approximate surface area is 108 Å². The molecule has 2 aromatic rings. The summed E-state index contributed by atoms with van der Waals surface area (Å²) in [6.45, 7) is 1.88. The van der Waals surface area contributed by atoms with Crippen LogP contribution in [0.2, 0.25) is 0 Å². The molecule has 4 heteroatoms. The predicted octanol–water partition coefficient (Wildman–Crippen LogP) is 4.22. The third-order valence-electron chi connectivity index (χ3n) is 2.25. The van der Waals surface area contributed by atoms with Crippen molar-refractivity contribution in [2.45, 2.75) is 12.3 Å². The Balaban J connectivity index is 2.22. The third-order valence-corrected chi connectivity index (χ3v) is 2.90. The number of halogens is 2. The molecule has 0 spiro atoms. The van der Waals surface area contributed by atoms with Gasteiger partial charge in [-0.2, -0.15) is 0 Å². The van der Waals surface area contributed by atoms with Crippen LogP contribution in [0.3, 0.4) is 0 Å². The highest BCUT2D eigenvalue weighted by Gasteiger charge is 2.05. The number of ether oxygens (including phenoxy) is 1. The van der Waals surface area contributed by atoms with E-state index in [1.807, 2.05) is 13.0 Å². The summed E-state index contributed by atoms with van der Waals surface area (Å²) in [5.41, 5.74) is 1.99. The number of benzene rings is 1. The van der Waals surface area contributed by atoms with Crippen molar-refractivity contribution in [3.63, 3.8) is 0 Å². The molecule has 0 N–H and O–H groups in total. The Hall–Kier alpha value is -1.42. The molecule has 0 bridgehead atoms. The Kier molecular flexibility index (Phi) is 3.74. The van der Waals surface area contributed by atoms with Gasteiger partial charge in [0.05, 0.1) is 0 Å². The maximum Gasteiger partial charge on any atom is 0.219 e. The van der Waals surface area contributed by atoms with E-state index in [-0.39, 0.29) is 11.6 Å². The first kappa shape index (κ1) is 12.0. The van der Waals surface area contributed by atoms with Crippen molar-refractivity contribution in [1.82, 2.24) is 4.98 Å². The molecule has 17 heavy (non-hydrogen) atoms. The first-order chi connectivity index (χ1) is 8.19. The number of alkyl halides is 1. The number of aryl methyl sites for hydroxylation is 1. The van der Waals surface area contributed by atoms with E-state index in [0.717, 1.165) is 16.5 Å². The second kappa shape index (κ2) is 5.27. The van der Waals surface area contributed by atoms with Crippen LogP contribution in [0.1, 0.15) is 11.1 Å². The minimum Gasteiger partial charge on any atom is -0.436 e. The number of hydrogen-bond acceptors (Lipinski definition) is 2. The van der Waals surface area contributed by atoms with Gasteiger partial charge in [0.1, 0.15) is 0 Å². The van der Waals surface area contributed by atoms with Crippen LogP contribution in [0.15, 0.2) is 36.5 Å². The summed E-state index contributed by atoms with van der Waals surface area (Å²) in [5, 5.41) is 0.735. The lowest BCUT2D eigenvalue weighted by Gasteiger charge is -2.06. The van der Waals surface area contributed by atoms with Crippen molar-refractivity contribution in [3.8, 4) is 11.6 Å². The maximum atomic E-state index is 13.4. The van der Waals surface area contributed by atoms with Gasteiger partial charge in [0.2, 0.25) is 5.88 Å². The van der Waals surface area contributed by atoms with Gasteiger partial charge in [0.15, 0.2) is 11.6 Å². The molecule has 1 aromatic heterocycles. The van der Waals surface area contributed by atoms with Crippen LogP contribution >= 0.6 is 15.9 Å². The summed E-state index contributed by atoms with van der Waals surface area (Å²) in [6.07, 6.45) is 1.69. The lowest BCUT2D eigenvalue weighted by atomic mass is 10.2. The van der Waals surface area contributed by atoms with E-state index in [0.29, 0.717) is 5.88 Å². The molecule has 1 heterocycles. The summed E-state index contributed by atoms with van der Waals surface area (Å²) in [7, 11) is 0. The fourth-order valence-corrected chi connectivity index (χ4v) is 1.68. The van der Waals surface area contributed by atoms with Crippen molar-refractivity contribution in [2.75, 3.05) is 0 Å². The average Bonchev–Trinajstić information content (AvgIpc) is 2.35. The van der Waals surface area contributed by atoms with Crippen LogP contribution in [0.5, 0.6) is 11.6 Å². The zero-order valence-corrected chi connectivity index (χ0v) is 10.9. The lowest BCUT2D eigenvalue weighted by molar-refractivity contribution is 0.427. The molecule has 2 nitrogen and oxygen atoms in total. The Morgan fingerprint density at radius 2 is 2.12 bits per heavy atom. The molecule has 0 aliphatic carbocycles. The topological polar surface area (TPSA) is 22.1 Å². The van der Waals surface area contributed by atoms with Gasteiger partial charge in [-0.3, -0.25) is 0 Å². The average molecular weight is 296 g/mol. The monoisotopic (exact) mass is 295 g/mol. The standard InChI is InChI=1S/C13H11BrFNO/c1-9-2-4-11(15)12(6-9)17-13-5-3-10(7-14)8-16-13/h2-6,8H,7H2,1H3. The summed E-state index contributed by atoms with van der Waals surface area (Å²) in [5.74, 6) is 0.199. The molecule has 0 saturated heterocycles. The van der Waals surface area contributed by atoms with Gasteiger partial charge in [0.25, 0.3) is 0 Å². The van der Waals surface area contributed by atoms with E-state index in [1.54, 1.807) is 24.4 Å². The Morgan fingerprint density at radius 1 is 1.29 bits per heavy atom. The summed E-state index contributed by atoms with van der Waals surface area (Å²) in [4.78, 5) is 4.10. The quantitative estimate of drug-likeness (QED) is 0.791. The molecule has 88 valence electrons. The molecule has 0 radical (unpaired) electrons. The van der Waals surface area contributed by atoms with Gasteiger partial charge in [-0.1, -0.05) is 28.1 Å². The van der Waals surface area contributed by atoms with E-state index in [2.05, 4.69) is 20.9 Å². The lowest BCUT2D eigenvalue weighted by Crippen LogP contribution is -1.92. The molecule has 0 fully saturated rings. The molecular weight excluding hydrogens is 285 g/mol. The zero-order valence-electron chi connectivity index (χ0n) is 9.28. The van der Waals surface area contributed by atoms with Crippen molar-refractivity contribution in [2.24, 2.45) is 0 Å². The van der Waals surface area contributed by atoms with Crippen molar-refractivity contribution in [1.29, 1.82) is 0 Å². The van der Waals surface area contributed by atoms with Gasteiger partial charge in [-0.15, -0.1) is 0 Å². The molecule has 0 atom stereocenters. The molecule has 0 amide bonds. The normalized spacial score (nSPS) is 10.3. The molecule has 0 saturated carbocycles. The fourth-order valence-electron chi connectivity index (χ4n) is 1.35. The smallest absolute Gasteiger partial charge is 0.219 e. The van der Waals surface area contributed by atoms with E-state index >= 15 is 0 Å². The van der Waals surface area contributed by atoms with Gasteiger partial charge in [0, 0.05) is 17.6 Å². The number of rotatable bonds is 3. The van der Waals surface area contributed by atoms with Crippen LogP contribution in [0.4, 0.5) is 4.39 Å². The molecule has 0 unspecified atom stereocenters. The first-order valence-corrected chi connectivity index (χ1v) is 6.26. The second-order valence-electron chi connectivity index (χ2n) is 3.67. The third kappa shape index (κ3) is 3.03. The first-order valence-electron chi connectivity index (χ1n) is 5.14. The van der Waals surface area contributed by atoms with Crippen LogP contribution in [-0.2, 0) is 5.33 Å². The molecular formula is C13H11BrFNO. The summed E-state index contributed by atoms with van der Waals surface area (Å²) >= 11 is 3.33. The van der Waals surface area contributed by atoms with E-state index in [9.17, 15) is 4.39 Å². The number of pyridine rings is 1. The highest BCUT2D eigenvalue weighted by molar-refractivity contribution is 9.08. The largest absolute Gasteiger partial charge is 0.436 e. The fraction of sp³-hybridized carbons (Fsp3) is 0.154. The van der Waals surface area contributed by atoms with Crippen molar-refractivity contribution in [3.05, 3.63) is 53.5 Å². The maximum absolute atomic E-state index is 13.4. The van der Waals surface area contributed by atoms with Gasteiger partial charge in [-0.05, 0) is 30.2 Å². The van der Waals surface area contributed by atoms with Crippen LogP contribution in [0.25, 0.3) is 0 Å².